The molecule has 6 nitrogen and oxygen atoms in total. The normalized spacial score (nSPS) is 20.0. The molecule has 10 heteroatoms. The number of nitrogens with zero attached hydrogens (tertiary/aromatic N) is 4. The maximum atomic E-state index is 13.0. The number of hydrogen-bond donors (Lipinski definition) is 2. The maximum absolute atomic E-state index is 13.0. The highest BCUT2D eigenvalue weighted by molar-refractivity contribution is 14.0. The largest absolute Gasteiger partial charge is 0.435 e. The molecule has 1 aromatic heterocycles. The van der Waals surface area contributed by atoms with Gasteiger partial charge in [0, 0.05) is 57.6 Å². The predicted octanol–water partition coefficient (Wildman–Crippen LogP) is 2.35. The van der Waals surface area contributed by atoms with Crippen LogP contribution in [0.25, 0.3) is 0 Å². The van der Waals surface area contributed by atoms with E-state index in [2.05, 4.69) is 25.6 Å². The van der Waals surface area contributed by atoms with Gasteiger partial charge in [-0.15, -0.1) is 24.0 Å². The van der Waals surface area contributed by atoms with Crippen LogP contribution < -0.4 is 10.6 Å². The van der Waals surface area contributed by atoms with Crippen LogP contribution in [0.4, 0.5) is 13.2 Å². The Morgan fingerprint density at radius 2 is 1.92 bits per heavy atom. The fourth-order valence-corrected chi connectivity index (χ4v) is 3.32. The van der Waals surface area contributed by atoms with Crippen molar-refractivity contribution in [2.45, 2.75) is 50.5 Å². The summed E-state index contributed by atoms with van der Waals surface area (Å²) < 4.78 is 40.2. The molecule has 2 fully saturated rings. The first-order valence-corrected chi connectivity index (χ1v) is 8.67. The number of rotatable bonds is 4. The Bertz CT molecular complexity index is 618. The minimum atomic E-state index is -4.45. The summed E-state index contributed by atoms with van der Waals surface area (Å²) in [6.07, 6.45) is 1.61. The van der Waals surface area contributed by atoms with Crippen molar-refractivity contribution < 1.29 is 13.2 Å². The molecule has 2 heterocycles. The molecule has 2 N–H and O–H groups in total. The predicted molar refractivity (Wildman–Crippen MR) is 105 cm³/mol. The van der Waals surface area contributed by atoms with Gasteiger partial charge in [0.2, 0.25) is 0 Å². The number of aromatic nitrogens is 2. The maximum Gasteiger partial charge on any atom is 0.435 e. The van der Waals surface area contributed by atoms with Crippen LogP contribution in [0.2, 0.25) is 0 Å². The van der Waals surface area contributed by atoms with Gasteiger partial charge in [-0.1, -0.05) is 0 Å². The van der Waals surface area contributed by atoms with E-state index in [0.29, 0.717) is 12.0 Å². The number of halogens is 4. The highest BCUT2D eigenvalue weighted by Crippen LogP contribution is 2.30. The number of aliphatic imine (C=N–C) groups is 1. The molecule has 0 aromatic carbocycles. The highest BCUT2D eigenvalue weighted by Gasteiger charge is 2.37. The third-order valence-corrected chi connectivity index (χ3v) is 4.78. The van der Waals surface area contributed by atoms with E-state index in [9.17, 15) is 13.2 Å². The molecule has 0 atom stereocenters. The van der Waals surface area contributed by atoms with Gasteiger partial charge in [0.25, 0.3) is 0 Å². The number of aryl methyl sites for hydroxylation is 1. The van der Waals surface area contributed by atoms with E-state index in [1.807, 2.05) is 0 Å². The number of alkyl halides is 3. The molecule has 1 aliphatic carbocycles. The highest BCUT2D eigenvalue weighted by atomic mass is 127. The summed E-state index contributed by atoms with van der Waals surface area (Å²) in [6, 6.07) is 1.09. The second-order valence-electron chi connectivity index (χ2n) is 6.79. The Kier molecular flexibility index (Phi) is 7.17. The first kappa shape index (κ1) is 21.3. The van der Waals surface area contributed by atoms with Crippen molar-refractivity contribution >= 4 is 29.9 Å². The fraction of sp³-hybridized carbons (Fsp3) is 0.750. The van der Waals surface area contributed by atoms with Crippen molar-refractivity contribution in [3.63, 3.8) is 0 Å². The Balaban J connectivity index is 0.00000243. The lowest BCUT2D eigenvalue weighted by atomic mass is 10.1. The molecule has 0 bridgehead atoms. The van der Waals surface area contributed by atoms with Gasteiger partial charge in [0.15, 0.2) is 11.7 Å². The zero-order valence-electron chi connectivity index (χ0n) is 15.0. The van der Waals surface area contributed by atoms with Crippen molar-refractivity contribution in [1.29, 1.82) is 0 Å². The van der Waals surface area contributed by atoms with Crippen LogP contribution in [0.3, 0.4) is 0 Å². The van der Waals surface area contributed by atoms with E-state index in [4.69, 9.17) is 0 Å². The lowest BCUT2D eigenvalue weighted by Gasteiger charge is -2.33. The van der Waals surface area contributed by atoms with Gasteiger partial charge in [-0.05, 0) is 25.7 Å². The monoisotopic (exact) mass is 486 g/mol. The topological polar surface area (TPSA) is 57.5 Å². The second kappa shape index (κ2) is 8.77. The summed E-state index contributed by atoms with van der Waals surface area (Å²) in [7, 11) is 3.11. The molecule has 1 saturated carbocycles. The summed E-state index contributed by atoms with van der Waals surface area (Å²) in [5.74, 6) is 0.529. The number of hydrogen-bond acceptors (Lipinski definition) is 3. The molecule has 1 aromatic rings. The number of piperidine rings is 1. The lowest BCUT2D eigenvalue weighted by Crippen LogP contribution is -2.48. The van der Waals surface area contributed by atoms with Crippen molar-refractivity contribution in [2.24, 2.45) is 12.0 Å². The van der Waals surface area contributed by atoms with Gasteiger partial charge in [0.05, 0.1) is 0 Å². The average molecular weight is 486 g/mol. The van der Waals surface area contributed by atoms with Crippen molar-refractivity contribution in [2.75, 3.05) is 20.1 Å². The van der Waals surface area contributed by atoms with E-state index in [-0.39, 0.29) is 36.1 Å². The SMILES string of the molecule is CN=C(NCc1cn(C)nc1C(F)(F)F)NC1CCN(C2CC2)CC1.I. The third kappa shape index (κ3) is 5.48. The summed E-state index contributed by atoms with van der Waals surface area (Å²) >= 11 is 0. The standard InChI is InChI=1S/C16H25F3N6.HI/c1-20-15(22-12-5-7-25(8-6-12)13-3-4-13)21-9-11-10-24(2)23-14(11)16(17,18)19;/h10,12-13H,3-9H2,1-2H3,(H2,20,21,22);1H. The third-order valence-electron chi connectivity index (χ3n) is 4.78. The summed E-state index contributed by atoms with van der Waals surface area (Å²) in [4.78, 5) is 6.66. The molecule has 26 heavy (non-hydrogen) atoms. The van der Waals surface area contributed by atoms with Crippen LogP contribution >= 0.6 is 24.0 Å². The molecule has 3 rings (SSSR count). The number of nitrogens with one attached hydrogen (secondary N) is 2. The van der Waals surface area contributed by atoms with E-state index in [1.54, 1.807) is 7.05 Å². The van der Waals surface area contributed by atoms with Gasteiger partial charge in [-0.3, -0.25) is 9.67 Å². The molecule has 0 spiro atoms. The van der Waals surface area contributed by atoms with Crippen LogP contribution in [0.5, 0.6) is 0 Å². The molecule has 2 aliphatic rings. The van der Waals surface area contributed by atoms with Crippen molar-refractivity contribution in [1.82, 2.24) is 25.3 Å². The van der Waals surface area contributed by atoms with Crippen LogP contribution in [-0.2, 0) is 19.8 Å². The molecule has 148 valence electrons. The number of guanidine groups is 1. The van der Waals surface area contributed by atoms with Gasteiger partial charge < -0.3 is 15.5 Å². The van der Waals surface area contributed by atoms with E-state index >= 15 is 0 Å². The lowest BCUT2D eigenvalue weighted by molar-refractivity contribution is -0.142. The molecule has 0 radical (unpaired) electrons. The number of likely N-dealkylation sites (tertiary alicyclic amines) is 1. The fourth-order valence-electron chi connectivity index (χ4n) is 3.32. The molecular formula is C16H26F3IN6. The Morgan fingerprint density at radius 3 is 2.46 bits per heavy atom. The van der Waals surface area contributed by atoms with E-state index in [1.165, 1.54) is 30.8 Å². The zero-order chi connectivity index (χ0) is 18.0. The first-order chi connectivity index (χ1) is 11.9. The van der Waals surface area contributed by atoms with Gasteiger partial charge >= 0.3 is 6.18 Å². The van der Waals surface area contributed by atoms with Crippen LogP contribution in [-0.4, -0.2) is 52.9 Å². The van der Waals surface area contributed by atoms with Gasteiger partial charge in [0.1, 0.15) is 0 Å². The molecule has 1 aliphatic heterocycles. The van der Waals surface area contributed by atoms with E-state index < -0.39 is 11.9 Å². The summed E-state index contributed by atoms with van der Waals surface area (Å²) in [5.41, 5.74) is -0.739. The zero-order valence-corrected chi connectivity index (χ0v) is 17.3. The minimum absolute atomic E-state index is 0. The van der Waals surface area contributed by atoms with E-state index in [0.717, 1.165) is 32.0 Å². The second-order valence-corrected chi connectivity index (χ2v) is 6.79. The molecular weight excluding hydrogens is 460 g/mol. The van der Waals surface area contributed by atoms with Crippen LogP contribution in [0.15, 0.2) is 11.2 Å². The summed E-state index contributed by atoms with van der Waals surface area (Å²) in [6.45, 7) is 2.17. The van der Waals surface area contributed by atoms with Crippen molar-refractivity contribution in [3.05, 3.63) is 17.5 Å². The van der Waals surface area contributed by atoms with Crippen molar-refractivity contribution in [3.8, 4) is 0 Å². The molecule has 0 amide bonds. The molecule has 1 saturated heterocycles. The van der Waals surface area contributed by atoms with Crippen LogP contribution in [0, 0.1) is 0 Å². The molecule has 0 unspecified atom stereocenters. The summed E-state index contributed by atoms with van der Waals surface area (Å²) in [5, 5.41) is 9.82. The average Bonchev–Trinajstić information content (AvgIpc) is 3.33. The quantitative estimate of drug-likeness (QED) is 0.390. The smallest absolute Gasteiger partial charge is 0.354 e. The first-order valence-electron chi connectivity index (χ1n) is 8.67. The van der Waals surface area contributed by atoms with Gasteiger partial charge in [-0.2, -0.15) is 18.3 Å². The Morgan fingerprint density at radius 1 is 1.27 bits per heavy atom. The van der Waals surface area contributed by atoms with Gasteiger partial charge in [-0.25, -0.2) is 0 Å². The van der Waals surface area contributed by atoms with Crippen LogP contribution in [0.1, 0.15) is 36.9 Å². The Labute approximate surface area is 168 Å². The minimum Gasteiger partial charge on any atom is -0.354 e. The Hall–Kier alpha value is -1.04.